The molecule has 0 aliphatic carbocycles. The molecule has 2 aromatic rings. The Bertz CT molecular complexity index is 741. The van der Waals surface area contributed by atoms with E-state index in [1.54, 1.807) is 13.1 Å². The lowest BCUT2D eigenvalue weighted by Gasteiger charge is -2.10. The van der Waals surface area contributed by atoms with Crippen LogP contribution in [0.1, 0.15) is 16.0 Å². The smallest absolute Gasteiger partial charge is 0.264 e. The number of aliphatic hydroxyl groups is 1. The van der Waals surface area contributed by atoms with Crippen molar-refractivity contribution < 1.29 is 17.9 Å². The first-order valence-electron chi connectivity index (χ1n) is 5.68. The zero-order valence-corrected chi connectivity index (χ0v) is 12.5. The average Bonchev–Trinajstić information content (AvgIpc) is 2.76. The van der Waals surface area contributed by atoms with E-state index in [0.717, 1.165) is 10.9 Å². The highest BCUT2D eigenvalue weighted by Gasteiger charge is 2.21. The number of sulfonamides is 1. The van der Waals surface area contributed by atoms with Crippen LogP contribution in [0.5, 0.6) is 0 Å². The summed E-state index contributed by atoms with van der Waals surface area (Å²) in [5, 5.41) is 9.26. The third-order valence-corrected chi connectivity index (χ3v) is 5.09. The molecule has 0 saturated heterocycles. The van der Waals surface area contributed by atoms with E-state index in [4.69, 9.17) is 5.11 Å². The summed E-state index contributed by atoms with van der Waals surface area (Å²) < 4.78 is 40.5. The van der Waals surface area contributed by atoms with Crippen LogP contribution < -0.4 is 4.72 Å². The van der Waals surface area contributed by atoms with E-state index >= 15 is 0 Å². The predicted molar refractivity (Wildman–Crippen MR) is 74.7 cm³/mol. The van der Waals surface area contributed by atoms with Crippen molar-refractivity contribution in [1.29, 1.82) is 0 Å². The maximum absolute atomic E-state index is 13.7. The van der Waals surface area contributed by atoms with Crippen molar-refractivity contribution in [2.75, 3.05) is 4.72 Å². The van der Waals surface area contributed by atoms with Crippen LogP contribution in [0, 0.1) is 19.7 Å². The van der Waals surface area contributed by atoms with Crippen LogP contribution in [-0.2, 0) is 16.6 Å². The quantitative estimate of drug-likeness (QED) is 0.906. The van der Waals surface area contributed by atoms with Gasteiger partial charge in [0.05, 0.1) is 11.5 Å². The van der Waals surface area contributed by atoms with Crippen molar-refractivity contribution in [3.8, 4) is 0 Å². The maximum atomic E-state index is 13.7. The Morgan fingerprint density at radius 1 is 1.40 bits per heavy atom. The average molecular weight is 316 g/mol. The van der Waals surface area contributed by atoms with Crippen molar-refractivity contribution in [2.45, 2.75) is 25.3 Å². The fourth-order valence-corrected chi connectivity index (χ4v) is 3.86. The Morgan fingerprint density at radius 2 is 2.10 bits per heavy atom. The van der Waals surface area contributed by atoms with E-state index in [1.165, 1.54) is 24.3 Å². The number of anilines is 1. The zero-order valence-electron chi connectivity index (χ0n) is 10.8. The lowest BCUT2D eigenvalue weighted by molar-refractivity contribution is 0.281. The van der Waals surface area contributed by atoms with Crippen LogP contribution in [0.2, 0.25) is 0 Å². The van der Waals surface area contributed by atoms with Gasteiger partial charge in [0.25, 0.3) is 10.0 Å². The molecule has 1 aromatic heterocycles. The molecule has 0 radical (unpaired) electrons. The summed E-state index contributed by atoms with van der Waals surface area (Å²) in [5.41, 5.74) is 0.201. The first-order chi connectivity index (χ1) is 9.33. The van der Waals surface area contributed by atoms with E-state index in [0.29, 0.717) is 0 Å². The second kappa shape index (κ2) is 5.47. The predicted octanol–water partition coefficient (Wildman–Crippen LogP) is 2.19. The molecule has 1 heterocycles. The van der Waals surface area contributed by atoms with Gasteiger partial charge in [0.15, 0.2) is 5.13 Å². The van der Waals surface area contributed by atoms with Gasteiger partial charge < -0.3 is 5.11 Å². The number of hydrogen-bond donors (Lipinski definition) is 2. The molecule has 0 fully saturated rings. The summed E-state index contributed by atoms with van der Waals surface area (Å²) in [6.45, 7) is 2.74. The van der Waals surface area contributed by atoms with Gasteiger partial charge in [-0.25, -0.2) is 17.8 Å². The summed E-state index contributed by atoms with van der Waals surface area (Å²) in [4.78, 5) is 4.56. The van der Waals surface area contributed by atoms with Crippen molar-refractivity contribution in [1.82, 2.24) is 4.98 Å². The van der Waals surface area contributed by atoms with Crippen molar-refractivity contribution in [2.24, 2.45) is 0 Å². The standard InChI is InChI=1S/C12H13FN2O3S2/c1-7-5-14-12(19-7)15-20(17,18)11-4-9(6-16)3-10(13)8(11)2/h3-5,16H,6H2,1-2H3,(H,14,15). The highest BCUT2D eigenvalue weighted by atomic mass is 32.2. The van der Waals surface area contributed by atoms with Crippen LogP contribution in [0.4, 0.5) is 9.52 Å². The molecule has 0 bridgehead atoms. The molecule has 0 atom stereocenters. The fourth-order valence-electron chi connectivity index (χ4n) is 1.65. The Hall–Kier alpha value is -1.51. The summed E-state index contributed by atoms with van der Waals surface area (Å²) in [6.07, 6.45) is 1.54. The summed E-state index contributed by atoms with van der Waals surface area (Å²) in [6, 6.07) is 2.36. The molecule has 2 rings (SSSR count). The molecule has 0 aliphatic heterocycles. The molecule has 20 heavy (non-hydrogen) atoms. The zero-order chi connectivity index (χ0) is 14.9. The minimum atomic E-state index is -3.94. The molecular weight excluding hydrogens is 303 g/mol. The molecule has 0 amide bonds. The van der Waals surface area contributed by atoms with E-state index in [-0.39, 0.29) is 21.2 Å². The van der Waals surface area contributed by atoms with Crippen molar-refractivity contribution in [3.05, 3.63) is 40.2 Å². The van der Waals surface area contributed by atoms with Crippen molar-refractivity contribution >= 4 is 26.5 Å². The number of rotatable bonds is 4. The fraction of sp³-hybridized carbons (Fsp3) is 0.250. The van der Waals surface area contributed by atoms with E-state index in [2.05, 4.69) is 9.71 Å². The van der Waals surface area contributed by atoms with Crippen molar-refractivity contribution in [3.63, 3.8) is 0 Å². The molecule has 2 N–H and O–H groups in total. The van der Waals surface area contributed by atoms with Crippen LogP contribution in [-0.4, -0.2) is 18.5 Å². The Morgan fingerprint density at radius 3 is 2.65 bits per heavy atom. The number of benzene rings is 1. The number of thiazole rings is 1. The van der Waals surface area contributed by atoms with Gasteiger partial charge in [-0.3, -0.25) is 4.72 Å². The number of aryl methyl sites for hydroxylation is 1. The second-order valence-electron chi connectivity index (χ2n) is 4.24. The molecule has 0 unspecified atom stereocenters. The highest BCUT2D eigenvalue weighted by Crippen LogP contribution is 2.25. The molecule has 0 spiro atoms. The number of aliphatic hydroxyl groups excluding tert-OH is 1. The Kier molecular flexibility index (Phi) is 4.07. The van der Waals surface area contributed by atoms with Gasteiger partial charge in [-0.2, -0.15) is 0 Å². The number of nitrogens with zero attached hydrogens (tertiary/aromatic N) is 1. The monoisotopic (exact) mass is 316 g/mol. The maximum Gasteiger partial charge on any atom is 0.264 e. The third-order valence-electron chi connectivity index (χ3n) is 2.67. The van der Waals surface area contributed by atoms with Gasteiger partial charge in [-0.15, -0.1) is 11.3 Å². The first kappa shape index (κ1) is 14.9. The lowest BCUT2D eigenvalue weighted by Crippen LogP contribution is -2.15. The van der Waals surface area contributed by atoms with E-state index in [1.807, 2.05) is 0 Å². The molecule has 5 nitrogen and oxygen atoms in total. The largest absolute Gasteiger partial charge is 0.392 e. The molecule has 1 aromatic carbocycles. The summed E-state index contributed by atoms with van der Waals surface area (Å²) >= 11 is 1.18. The van der Waals surface area contributed by atoms with Gasteiger partial charge in [-0.1, -0.05) is 0 Å². The normalized spacial score (nSPS) is 11.6. The van der Waals surface area contributed by atoms with Gasteiger partial charge >= 0.3 is 0 Å². The minimum absolute atomic E-state index is 0.00276. The second-order valence-corrected chi connectivity index (χ2v) is 7.13. The number of halogens is 1. The Balaban J connectivity index is 2.46. The molecule has 0 saturated carbocycles. The van der Waals surface area contributed by atoms with Gasteiger partial charge in [-0.05, 0) is 31.5 Å². The molecule has 0 aliphatic rings. The van der Waals surface area contributed by atoms with Crippen LogP contribution >= 0.6 is 11.3 Å². The summed E-state index contributed by atoms with van der Waals surface area (Å²) in [5.74, 6) is -0.674. The van der Waals surface area contributed by atoms with Gasteiger partial charge in [0.1, 0.15) is 5.82 Å². The number of hydrogen-bond acceptors (Lipinski definition) is 5. The van der Waals surface area contributed by atoms with Gasteiger partial charge in [0.2, 0.25) is 0 Å². The highest BCUT2D eigenvalue weighted by molar-refractivity contribution is 7.93. The van der Waals surface area contributed by atoms with E-state index in [9.17, 15) is 12.8 Å². The van der Waals surface area contributed by atoms with Crippen LogP contribution in [0.25, 0.3) is 0 Å². The van der Waals surface area contributed by atoms with Crippen LogP contribution in [0.3, 0.4) is 0 Å². The van der Waals surface area contributed by atoms with E-state index < -0.39 is 22.4 Å². The Labute approximate surface area is 120 Å². The van der Waals surface area contributed by atoms with Gasteiger partial charge in [0, 0.05) is 16.6 Å². The van der Waals surface area contributed by atoms with Crippen LogP contribution in [0.15, 0.2) is 23.2 Å². The number of nitrogens with one attached hydrogen (secondary N) is 1. The topological polar surface area (TPSA) is 79.3 Å². The SMILES string of the molecule is Cc1cnc(NS(=O)(=O)c2cc(CO)cc(F)c2C)s1. The third kappa shape index (κ3) is 2.97. The summed E-state index contributed by atoms with van der Waals surface area (Å²) in [7, 11) is -3.94. The first-order valence-corrected chi connectivity index (χ1v) is 7.98. The lowest BCUT2D eigenvalue weighted by atomic mass is 10.1. The number of aromatic nitrogens is 1. The molecule has 108 valence electrons. The molecule has 8 heteroatoms. The molecular formula is C12H13FN2O3S2. The minimum Gasteiger partial charge on any atom is -0.392 e.